The molecule has 0 saturated heterocycles. The van der Waals surface area contributed by atoms with E-state index in [0.29, 0.717) is 19.5 Å². The molecule has 0 bridgehead atoms. The maximum atomic E-state index is 11.2. The molecule has 8 nitrogen and oxygen atoms in total. The zero-order valence-corrected chi connectivity index (χ0v) is 10.3. The minimum atomic E-state index is -1.07. The fourth-order valence-electron chi connectivity index (χ4n) is 1.33. The summed E-state index contributed by atoms with van der Waals surface area (Å²) in [4.78, 5) is 32.6. The number of carboxylic acid groups (broad SMARTS) is 1. The molecule has 0 aliphatic heterocycles. The number of nitrogens with one attached hydrogen (secondary N) is 2. The number of rotatable bonds is 7. The molecule has 0 fully saturated rings. The van der Waals surface area contributed by atoms with E-state index in [2.05, 4.69) is 15.7 Å². The van der Waals surface area contributed by atoms with Crippen LogP contribution < -0.4 is 10.6 Å². The minimum absolute atomic E-state index is 0.212. The molecule has 1 aromatic rings. The third-order valence-corrected chi connectivity index (χ3v) is 2.23. The van der Waals surface area contributed by atoms with E-state index in [1.54, 1.807) is 16.9 Å². The van der Waals surface area contributed by atoms with Crippen LogP contribution in [-0.4, -0.2) is 39.3 Å². The van der Waals surface area contributed by atoms with Crippen molar-refractivity contribution in [2.24, 2.45) is 0 Å². The van der Waals surface area contributed by atoms with Crippen LogP contribution in [0, 0.1) is 0 Å². The summed E-state index contributed by atoms with van der Waals surface area (Å²) in [6.07, 6.45) is 3.66. The van der Waals surface area contributed by atoms with Crippen molar-refractivity contribution >= 4 is 17.9 Å². The first-order valence-electron chi connectivity index (χ1n) is 5.85. The lowest BCUT2D eigenvalue weighted by Gasteiger charge is -2.06. The number of aryl methyl sites for hydroxylation is 1. The highest BCUT2D eigenvalue weighted by Crippen LogP contribution is 1.89. The van der Waals surface area contributed by atoms with Gasteiger partial charge in [-0.2, -0.15) is 5.10 Å². The molecule has 3 N–H and O–H groups in total. The zero-order valence-electron chi connectivity index (χ0n) is 10.3. The average Bonchev–Trinajstić information content (AvgIpc) is 2.85. The standard InChI is InChI=1S/C11H16N4O4/c16-9(3-4-10(17)18)14-11(19)12-5-1-7-15-8-2-6-13-15/h2,6,8H,1,3-5,7H2,(H,17,18)(H2,12,14,16,19). The van der Waals surface area contributed by atoms with Gasteiger partial charge >= 0.3 is 12.0 Å². The number of carboxylic acids is 1. The quantitative estimate of drug-likeness (QED) is 0.601. The molecule has 0 aliphatic carbocycles. The van der Waals surface area contributed by atoms with Crippen LogP contribution in [0.3, 0.4) is 0 Å². The first kappa shape index (κ1) is 14.7. The summed E-state index contributed by atoms with van der Waals surface area (Å²) in [5.74, 6) is -1.68. The normalized spacial score (nSPS) is 9.89. The second-order valence-electron chi connectivity index (χ2n) is 3.82. The fraction of sp³-hybridized carbons (Fsp3) is 0.455. The van der Waals surface area contributed by atoms with E-state index < -0.39 is 17.9 Å². The molecular weight excluding hydrogens is 252 g/mol. The predicted octanol–water partition coefficient (Wildman–Crippen LogP) is -0.0362. The molecule has 104 valence electrons. The molecule has 1 rings (SSSR count). The van der Waals surface area contributed by atoms with Gasteiger partial charge in [-0.15, -0.1) is 0 Å². The van der Waals surface area contributed by atoms with Crippen molar-refractivity contribution in [3.05, 3.63) is 18.5 Å². The van der Waals surface area contributed by atoms with Gasteiger partial charge in [-0.1, -0.05) is 0 Å². The number of aliphatic carboxylic acids is 1. The molecule has 1 aromatic heterocycles. The van der Waals surface area contributed by atoms with E-state index in [1.807, 2.05) is 6.20 Å². The summed E-state index contributed by atoms with van der Waals surface area (Å²) in [6, 6.07) is 1.19. The number of hydrogen-bond acceptors (Lipinski definition) is 4. The van der Waals surface area contributed by atoms with Crippen molar-refractivity contribution in [1.82, 2.24) is 20.4 Å². The second kappa shape index (κ2) is 7.85. The van der Waals surface area contributed by atoms with E-state index in [0.717, 1.165) is 0 Å². The Bertz CT molecular complexity index is 430. The smallest absolute Gasteiger partial charge is 0.321 e. The number of imide groups is 1. The molecule has 8 heteroatoms. The van der Waals surface area contributed by atoms with Gasteiger partial charge in [0.15, 0.2) is 0 Å². The number of amides is 3. The Morgan fingerprint density at radius 2 is 2.05 bits per heavy atom. The number of hydrogen-bond donors (Lipinski definition) is 3. The zero-order chi connectivity index (χ0) is 14.1. The molecule has 0 spiro atoms. The summed E-state index contributed by atoms with van der Waals surface area (Å²) >= 11 is 0. The van der Waals surface area contributed by atoms with Crippen LogP contribution >= 0.6 is 0 Å². The molecule has 0 atom stereocenters. The fourth-order valence-corrected chi connectivity index (χ4v) is 1.33. The molecule has 19 heavy (non-hydrogen) atoms. The van der Waals surface area contributed by atoms with Crippen molar-refractivity contribution < 1.29 is 19.5 Å². The number of urea groups is 1. The van der Waals surface area contributed by atoms with Crippen molar-refractivity contribution in [3.8, 4) is 0 Å². The summed E-state index contributed by atoms with van der Waals surface area (Å²) in [5.41, 5.74) is 0. The first-order valence-corrected chi connectivity index (χ1v) is 5.85. The molecule has 0 radical (unpaired) electrons. The Labute approximate surface area is 109 Å². The highest BCUT2D eigenvalue weighted by Gasteiger charge is 2.08. The van der Waals surface area contributed by atoms with Gasteiger partial charge in [-0.05, 0) is 12.5 Å². The second-order valence-corrected chi connectivity index (χ2v) is 3.82. The number of aromatic nitrogens is 2. The van der Waals surface area contributed by atoms with Gasteiger partial charge in [0.05, 0.1) is 6.42 Å². The number of carbonyl (C=O) groups is 3. The van der Waals surface area contributed by atoms with Crippen molar-refractivity contribution in [3.63, 3.8) is 0 Å². The van der Waals surface area contributed by atoms with E-state index in [9.17, 15) is 14.4 Å². The molecule has 3 amide bonds. The topological polar surface area (TPSA) is 113 Å². The first-order chi connectivity index (χ1) is 9.08. The van der Waals surface area contributed by atoms with Crippen LogP contribution in [0.15, 0.2) is 18.5 Å². The van der Waals surface area contributed by atoms with Gasteiger partial charge in [0.2, 0.25) is 5.91 Å². The van der Waals surface area contributed by atoms with E-state index in [-0.39, 0.29) is 12.8 Å². The predicted molar refractivity (Wildman–Crippen MR) is 65.3 cm³/mol. The lowest BCUT2D eigenvalue weighted by Crippen LogP contribution is -2.40. The largest absolute Gasteiger partial charge is 0.481 e. The van der Waals surface area contributed by atoms with Crippen LogP contribution in [-0.2, 0) is 16.1 Å². The minimum Gasteiger partial charge on any atom is -0.481 e. The van der Waals surface area contributed by atoms with Crippen LogP contribution in [0.5, 0.6) is 0 Å². The van der Waals surface area contributed by atoms with Gasteiger partial charge < -0.3 is 10.4 Å². The van der Waals surface area contributed by atoms with Gasteiger partial charge in [0.1, 0.15) is 0 Å². The van der Waals surface area contributed by atoms with Crippen molar-refractivity contribution in [2.75, 3.05) is 6.54 Å². The number of nitrogens with zero attached hydrogens (tertiary/aromatic N) is 2. The summed E-state index contributed by atoms with van der Waals surface area (Å²) < 4.78 is 1.73. The lowest BCUT2D eigenvalue weighted by atomic mass is 10.3. The molecule has 0 aliphatic rings. The highest BCUT2D eigenvalue weighted by atomic mass is 16.4. The third-order valence-electron chi connectivity index (χ3n) is 2.23. The van der Waals surface area contributed by atoms with Gasteiger partial charge in [-0.3, -0.25) is 19.6 Å². The summed E-state index contributed by atoms with van der Waals surface area (Å²) in [5, 5.41) is 16.9. The van der Waals surface area contributed by atoms with Crippen LogP contribution in [0.4, 0.5) is 4.79 Å². The molecule has 0 saturated carbocycles. The van der Waals surface area contributed by atoms with Crippen LogP contribution in [0.2, 0.25) is 0 Å². The Morgan fingerprint density at radius 1 is 1.26 bits per heavy atom. The Hall–Kier alpha value is -2.38. The van der Waals surface area contributed by atoms with Crippen molar-refractivity contribution in [2.45, 2.75) is 25.8 Å². The molecule has 1 heterocycles. The molecular formula is C11H16N4O4. The average molecular weight is 268 g/mol. The van der Waals surface area contributed by atoms with E-state index in [1.165, 1.54) is 0 Å². The summed E-state index contributed by atoms with van der Waals surface area (Å²) in [6.45, 7) is 1.07. The lowest BCUT2D eigenvalue weighted by molar-refractivity contribution is -0.138. The van der Waals surface area contributed by atoms with Gasteiger partial charge in [0, 0.05) is 31.9 Å². The third kappa shape index (κ3) is 6.81. The molecule has 0 unspecified atom stereocenters. The summed E-state index contributed by atoms with van der Waals surface area (Å²) in [7, 11) is 0. The van der Waals surface area contributed by atoms with E-state index >= 15 is 0 Å². The monoisotopic (exact) mass is 268 g/mol. The SMILES string of the molecule is O=C(O)CCC(=O)NC(=O)NCCCn1cccn1. The van der Waals surface area contributed by atoms with E-state index in [4.69, 9.17) is 5.11 Å². The molecule has 0 aromatic carbocycles. The highest BCUT2D eigenvalue weighted by molar-refractivity contribution is 5.95. The Balaban J connectivity index is 2.07. The van der Waals surface area contributed by atoms with Gasteiger partial charge in [0.25, 0.3) is 0 Å². The Kier molecular flexibility index (Phi) is 6.07. The number of carbonyl (C=O) groups excluding carboxylic acids is 2. The van der Waals surface area contributed by atoms with Crippen molar-refractivity contribution in [1.29, 1.82) is 0 Å². The maximum absolute atomic E-state index is 11.2. The maximum Gasteiger partial charge on any atom is 0.321 e. The van der Waals surface area contributed by atoms with Crippen LogP contribution in [0.1, 0.15) is 19.3 Å². The van der Waals surface area contributed by atoms with Crippen LogP contribution in [0.25, 0.3) is 0 Å². The Morgan fingerprint density at radius 3 is 2.68 bits per heavy atom. The van der Waals surface area contributed by atoms with Gasteiger partial charge in [-0.25, -0.2) is 4.79 Å².